The van der Waals surface area contributed by atoms with Gasteiger partial charge in [0.2, 0.25) is 10.0 Å². The molecule has 0 bridgehead atoms. The molecule has 0 radical (unpaired) electrons. The first-order chi connectivity index (χ1) is 8.02. The monoisotopic (exact) mass is 257 g/mol. The van der Waals surface area contributed by atoms with Crippen LogP contribution < -0.4 is 5.32 Å². The van der Waals surface area contributed by atoms with Crippen molar-refractivity contribution in [3.63, 3.8) is 0 Å². The summed E-state index contributed by atoms with van der Waals surface area (Å²) >= 11 is 0. The van der Waals surface area contributed by atoms with Gasteiger partial charge in [0.25, 0.3) is 0 Å². The number of rotatable bonds is 6. The topological polar surface area (TPSA) is 62.3 Å². The Kier molecular flexibility index (Phi) is 4.89. The zero-order valence-electron chi connectivity index (χ0n) is 10.5. The molecule has 0 amide bonds. The van der Waals surface area contributed by atoms with Crippen LogP contribution in [0.2, 0.25) is 0 Å². The summed E-state index contributed by atoms with van der Waals surface area (Å²) < 4.78 is 25.4. The number of hydrogen-bond acceptors (Lipinski definition) is 4. The highest BCUT2D eigenvalue weighted by atomic mass is 32.2. The highest BCUT2D eigenvalue weighted by Gasteiger charge is 2.19. The van der Waals surface area contributed by atoms with Crippen molar-refractivity contribution in [3.05, 3.63) is 18.3 Å². The van der Waals surface area contributed by atoms with Gasteiger partial charge in [-0.15, -0.1) is 0 Å². The highest BCUT2D eigenvalue weighted by Crippen LogP contribution is 2.16. The maximum atomic E-state index is 12.1. The van der Waals surface area contributed by atoms with E-state index < -0.39 is 10.0 Å². The molecule has 0 fully saturated rings. The Bertz CT molecular complexity index is 460. The molecule has 1 rings (SSSR count). The van der Waals surface area contributed by atoms with Gasteiger partial charge in [0.15, 0.2) is 0 Å². The summed E-state index contributed by atoms with van der Waals surface area (Å²) in [7, 11) is -1.82. The van der Waals surface area contributed by atoms with E-state index in [0.29, 0.717) is 12.4 Å². The summed E-state index contributed by atoms with van der Waals surface area (Å²) in [5.41, 5.74) is 0. The van der Waals surface area contributed by atoms with Crippen molar-refractivity contribution in [2.45, 2.75) is 25.2 Å². The third-order valence-corrected chi connectivity index (χ3v) is 4.37. The molecule has 0 aromatic carbocycles. The number of pyridine rings is 1. The molecule has 6 heteroatoms. The Balaban J connectivity index is 2.99. The Labute approximate surface area is 103 Å². The fourth-order valence-electron chi connectivity index (χ4n) is 1.27. The number of nitrogens with one attached hydrogen (secondary N) is 1. The summed E-state index contributed by atoms with van der Waals surface area (Å²) in [5, 5.41) is 3.07. The molecule has 5 nitrogen and oxygen atoms in total. The van der Waals surface area contributed by atoms with Crippen LogP contribution in [0.25, 0.3) is 0 Å². The van der Waals surface area contributed by atoms with E-state index in [1.54, 1.807) is 20.0 Å². The van der Waals surface area contributed by atoms with Gasteiger partial charge in [-0.05, 0) is 12.5 Å². The Morgan fingerprint density at radius 1 is 1.41 bits per heavy atom. The first-order valence-electron chi connectivity index (χ1n) is 5.68. The van der Waals surface area contributed by atoms with Gasteiger partial charge >= 0.3 is 0 Å². The van der Waals surface area contributed by atoms with Crippen LogP contribution in [0, 0.1) is 0 Å². The van der Waals surface area contributed by atoms with Crippen molar-refractivity contribution >= 4 is 15.8 Å². The number of nitrogens with zero attached hydrogens (tertiary/aromatic N) is 2. The lowest BCUT2D eigenvalue weighted by molar-refractivity contribution is 0.486. The first kappa shape index (κ1) is 13.9. The predicted molar refractivity (Wildman–Crippen MR) is 68.5 cm³/mol. The number of sulfonamides is 1. The Hall–Kier alpha value is -1.14. The van der Waals surface area contributed by atoms with E-state index in [1.165, 1.54) is 16.6 Å². The second-order valence-electron chi connectivity index (χ2n) is 3.72. The maximum absolute atomic E-state index is 12.1. The molecule has 1 heterocycles. The molecule has 1 aromatic heterocycles. The molecule has 0 aliphatic rings. The lowest BCUT2D eigenvalue weighted by Gasteiger charge is -2.15. The van der Waals surface area contributed by atoms with Crippen molar-refractivity contribution in [3.8, 4) is 0 Å². The average Bonchev–Trinajstić information content (AvgIpc) is 2.35. The minimum Gasteiger partial charge on any atom is -0.370 e. The molecule has 0 atom stereocenters. The Morgan fingerprint density at radius 3 is 2.71 bits per heavy atom. The second kappa shape index (κ2) is 5.97. The first-order valence-corrected chi connectivity index (χ1v) is 7.12. The van der Waals surface area contributed by atoms with Crippen LogP contribution in [-0.2, 0) is 10.0 Å². The summed E-state index contributed by atoms with van der Waals surface area (Å²) in [6.07, 6.45) is 2.47. The van der Waals surface area contributed by atoms with Gasteiger partial charge in [-0.3, -0.25) is 0 Å². The van der Waals surface area contributed by atoms with Gasteiger partial charge in [0.05, 0.1) is 4.90 Å². The number of hydrogen-bond donors (Lipinski definition) is 1. The molecule has 0 spiro atoms. The highest BCUT2D eigenvalue weighted by molar-refractivity contribution is 7.89. The molecule has 0 saturated carbocycles. The van der Waals surface area contributed by atoms with Crippen molar-refractivity contribution in [2.24, 2.45) is 0 Å². The smallest absolute Gasteiger partial charge is 0.242 e. The molecule has 1 aromatic rings. The number of aromatic nitrogens is 1. The van der Waals surface area contributed by atoms with Gasteiger partial charge in [-0.2, -0.15) is 0 Å². The normalized spacial score (nSPS) is 11.8. The van der Waals surface area contributed by atoms with Crippen molar-refractivity contribution in [2.75, 3.05) is 25.5 Å². The van der Waals surface area contributed by atoms with E-state index in [9.17, 15) is 8.42 Å². The minimum atomic E-state index is -3.38. The third kappa shape index (κ3) is 3.41. The van der Waals surface area contributed by atoms with Gasteiger partial charge in [0.1, 0.15) is 5.82 Å². The largest absolute Gasteiger partial charge is 0.370 e. The van der Waals surface area contributed by atoms with E-state index >= 15 is 0 Å². The molecule has 17 heavy (non-hydrogen) atoms. The lowest BCUT2D eigenvalue weighted by atomic mass is 10.4. The van der Waals surface area contributed by atoms with Crippen molar-refractivity contribution < 1.29 is 8.42 Å². The van der Waals surface area contributed by atoms with E-state index in [1.807, 2.05) is 6.92 Å². The molecule has 96 valence electrons. The summed E-state index contributed by atoms with van der Waals surface area (Å²) in [6.45, 7) is 5.07. The molecular weight excluding hydrogens is 238 g/mol. The molecule has 0 aliphatic heterocycles. The van der Waals surface area contributed by atoms with Crippen LogP contribution in [0.4, 0.5) is 5.82 Å². The van der Waals surface area contributed by atoms with Crippen molar-refractivity contribution in [1.29, 1.82) is 0 Å². The number of anilines is 1. The van der Waals surface area contributed by atoms with Crippen LogP contribution in [-0.4, -0.2) is 37.8 Å². The van der Waals surface area contributed by atoms with E-state index in [2.05, 4.69) is 10.3 Å². The molecule has 0 aliphatic carbocycles. The van der Waals surface area contributed by atoms with E-state index in [-0.39, 0.29) is 4.90 Å². The van der Waals surface area contributed by atoms with Gasteiger partial charge in [0, 0.05) is 32.4 Å². The second-order valence-corrected chi connectivity index (χ2v) is 5.77. The van der Waals surface area contributed by atoms with Gasteiger partial charge < -0.3 is 5.32 Å². The zero-order valence-corrected chi connectivity index (χ0v) is 11.3. The fraction of sp³-hybridized carbons (Fsp3) is 0.545. The molecule has 1 N–H and O–H groups in total. The fourth-order valence-corrected chi connectivity index (χ4v) is 2.46. The van der Waals surface area contributed by atoms with Gasteiger partial charge in [-0.1, -0.05) is 13.8 Å². The van der Waals surface area contributed by atoms with E-state index in [0.717, 1.165) is 13.0 Å². The van der Waals surface area contributed by atoms with Crippen LogP contribution in [0.15, 0.2) is 23.2 Å². The quantitative estimate of drug-likeness (QED) is 0.839. The van der Waals surface area contributed by atoms with E-state index in [4.69, 9.17) is 0 Å². The minimum absolute atomic E-state index is 0.274. The van der Waals surface area contributed by atoms with Crippen molar-refractivity contribution in [1.82, 2.24) is 9.29 Å². The average molecular weight is 257 g/mol. The Morgan fingerprint density at radius 2 is 2.12 bits per heavy atom. The van der Waals surface area contributed by atoms with Crippen LogP contribution in [0.1, 0.15) is 20.3 Å². The van der Waals surface area contributed by atoms with Crippen LogP contribution >= 0.6 is 0 Å². The van der Waals surface area contributed by atoms with Gasteiger partial charge in [-0.25, -0.2) is 17.7 Å². The summed E-state index contributed by atoms with van der Waals surface area (Å²) in [4.78, 5) is 4.36. The van der Waals surface area contributed by atoms with Crippen LogP contribution in [0.3, 0.4) is 0 Å². The molecular formula is C11H19N3O2S. The lowest BCUT2D eigenvalue weighted by Crippen LogP contribution is -2.26. The third-order valence-electron chi connectivity index (χ3n) is 2.44. The SMILES string of the molecule is CCCNc1cc(S(=O)(=O)N(C)CC)ccn1. The molecule has 0 unspecified atom stereocenters. The zero-order chi connectivity index (χ0) is 12.9. The van der Waals surface area contributed by atoms with Crippen LogP contribution in [0.5, 0.6) is 0 Å². The maximum Gasteiger partial charge on any atom is 0.242 e. The molecule has 0 saturated heterocycles. The summed E-state index contributed by atoms with van der Waals surface area (Å²) in [5.74, 6) is 0.595. The predicted octanol–water partition coefficient (Wildman–Crippen LogP) is 1.54. The summed E-state index contributed by atoms with van der Waals surface area (Å²) in [6, 6.07) is 3.08. The standard InChI is InChI=1S/C11H19N3O2S/c1-4-7-12-11-9-10(6-8-13-11)17(15,16)14(3)5-2/h6,8-9H,4-5,7H2,1-3H3,(H,12,13).